The lowest BCUT2D eigenvalue weighted by Gasteiger charge is -1.93. The fraction of sp³-hybridized carbons (Fsp3) is 0.417. The highest BCUT2D eigenvalue weighted by Crippen LogP contribution is 2.30. The van der Waals surface area contributed by atoms with E-state index in [2.05, 4.69) is 10.1 Å². The summed E-state index contributed by atoms with van der Waals surface area (Å²) in [6, 6.07) is 0. The number of hydrogen-bond acceptors (Lipinski definition) is 4. The van der Waals surface area contributed by atoms with Crippen molar-refractivity contribution in [2.75, 3.05) is 0 Å². The zero-order valence-corrected chi connectivity index (χ0v) is 11.4. The zero-order chi connectivity index (χ0) is 13.3. The maximum absolute atomic E-state index is 11.1. The van der Waals surface area contributed by atoms with E-state index in [1.807, 2.05) is 27.1 Å². The highest BCUT2D eigenvalue weighted by Gasteiger charge is 2.19. The second kappa shape index (κ2) is 4.89. The number of rotatable bonds is 4. The molecule has 0 atom stereocenters. The minimum absolute atomic E-state index is 0.332. The first-order chi connectivity index (χ1) is 8.56. The zero-order valence-electron chi connectivity index (χ0n) is 10.6. The van der Waals surface area contributed by atoms with Gasteiger partial charge < -0.3 is 5.11 Å². The van der Waals surface area contributed by atoms with E-state index < -0.39 is 5.97 Å². The molecular formula is C12H15N3O2S. The number of nitrogens with zero attached hydrogens (tertiary/aromatic N) is 3. The highest BCUT2D eigenvalue weighted by molar-refractivity contribution is 7.17. The third kappa shape index (κ3) is 2.15. The predicted octanol–water partition coefficient (Wildman–Crippen LogP) is 2.37. The van der Waals surface area contributed by atoms with E-state index >= 15 is 0 Å². The monoisotopic (exact) mass is 265 g/mol. The molecule has 5 nitrogen and oxygen atoms in total. The predicted molar refractivity (Wildman–Crippen MR) is 70.0 cm³/mol. The standard InChI is InChI=1S/C12H15N3O2S/c1-4-8-7(6-15(3)14-8)11-13-9(5-2)10(18-11)12(16)17/h6H,4-5H2,1-3H3,(H,16,17). The molecule has 0 unspecified atom stereocenters. The Morgan fingerprint density at radius 1 is 1.39 bits per heavy atom. The largest absolute Gasteiger partial charge is 0.477 e. The smallest absolute Gasteiger partial charge is 0.347 e. The average molecular weight is 265 g/mol. The van der Waals surface area contributed by atoms with E-state index in [0.717, 1.165) is 22.7 Å². The second-order valence-corrected chi connectivity index (χ2v) is 4.97. The van der Waals surface area contributed by atoms with Gasteiger partial charge in [0.2, 0.25) is 0 Å². The molecule has 0 spiro atoms. The van der Waals surface area contributed by atoms with Crippen molar-refractivity contribution >= 4 is 17.3 Å². The molecule has 0 fully saturated rings. The number of hydrogen-bond donors (Lipinski definition) is 1. The molecular weight excluding hydrogens is 250 g/mol. The first-order valence-electron chi connectivity index (χ1n) is 5.82. The Labute approximate surface area is 109 Å². The van der Waals surface area contributed by atoms with Gasteiger partial charge in [-0.25, -0.2) is 9.78 Å². The van der Waals surface area contributed by atoms with Gasteiger partial charge in [0.15, 0.2) is 0 Å². The van der Waals surface area contributed by atoms with Crippen LogP contribution in [-0.4, -0.2) is 25.8 Å². The lowest BCUT2D eigenvalue weighted by Crippen LogP contribution is -1.97. The van der Waals surface area contributed by atoms with E-state index in [4.69, 9.17) is 5.11 Å². The molecule has 1 N–H and O–H groups in total. The van der Waals surface area contributed by atoms with Gasteiger partial charge in [0.1, 0.15) is 9.88 Å². The van der Waals surface area contributed by atoms with Crippen molar-refractivity contribution < 1.29 is 9.90 Å². The number of carbonyl (C=O) groups is 1. The van der Waals surface area contributed by atoms with Crippen LogP contribution in [0.4, 0.5) is 0 Å². The number of carboxylic acids is 1. The SMILES string of the molecule is CCc1nn(C)cc1-c1nc(CC)c(C(=O)O)s1. The molecule has 0 amide bonds. The molecule has 2 heterocycles. The van der Waals surface area contributed by atoms with Gasteiger partial charge in [-0.3, -0.25) is 4.68 Å². The Kier molecular flexibility index (Phi) is 3.47. The quantitative estimate of drug-likeness (QED) is 0.921. The van der Waals surface area contributed by atoms with Crippen molar-refractivity contribution in [2.24, 2.45) is 7.05 Å². The minimum atomic E-state index is -0.905. The van der Waals surface area contributed by atoms with Gasteiger partial charge in [-0.15, -0.1) is 11.3 Å². The Hall–Kier alpha value is -1.69. The summed E-state index contributed by atoms with van der Waals surface area (Å²) in [5.41, 5.74) is 2.53. The van der Waals surface area contributed by atoms with Crippen LogP contribution >= 0.6 is 11.3 Å². The summed E-state index contributed by atoms with van der Waals surface area (Å²) >= 11 is 1.22. The summed E-state index contributed by atoms with van der Waals surface area (Å²) in [5, 5.41) is 14.2. The lowest BCUT2D eigenvalue weighted by atomic mass is 10.2. The van der Waals surface area contributed by atoms with Crippen molar-refractivity contribution in [1.82, 2.24) is 14.8 Å². The molecule has 0 aliphatic heterocycles. The van der Waals surface area contributed by atoms with Crippen LogP contribution in [-0.2, 0) is 19.9 Å². The number of aryl methyl sites for hydroxylation is 3. The van der Waals surface area contributed by atoms with Crippen molar-refractivity contribution in [3.05, 3.63) is 22.5 Å². The van der Waals surface area contributed by atoms with Crippen LogP contribution in [0, 0.1) is 0 Å². The van der Waals surface area contributed by atoms with E-state index in [1.165, 1.54) is 11.3 Å². The summed E-state index contributed by atoms with van der Waals surface area (Å²) in [4.78, 5) is 15.9. The van der Waals surface area contributed by atoms with Gasteiger partial charge in [-0.05, 0) is 12.8 Å². The molecule has 2 rings (SSSR count). The van der Waals surface area contributed by atoms with Crippen LogP contribution in [0.25, 0.3) is 10.6 Å². The number of thiazole rings is 1. The highest BCUT2D eigenvalue weighted by atomic mass is 32.1. The molecule has 0 aromatic carbocycles. The second-order valence-electron chi connectivity index (χ2n) is 3.97. The van der Waals surface area contributed by atoms with Crippen LogP contribution < -0.4 is 0 Å². The maximum Gasteiger partial charge on any atom is 0.347 e. The number of carboxylic acid groups (broad SMARTS) is 1. The van der Waals surface area contributed by atoms with E-state index in [9.17, 15) is 4.79 Å². The van der Waals surface area contributed by atoms with E-state index in [-0.39, 0.29) is 0 Å². The minimum Gasteiger partial charge on any atom is -0.477 e. The van der Waals surface area contributed by atoms with Crippen molar-refractivity contribution in [3.63, 3.8) is 0 Å². The summed E-state index contributed by atoms with van der Waals surface area (Å²) in [5.74, 6) is -0.905. The van der Waals surface area contributed by atoms with Gasteiger partial charge >= 0.3 is 5.97 Å². The summed E-state index contributed by atoms with van der Waals surface area (Å²) in [6.07, 6.45) is 3.32. The Morgan fingerprint density at radius 3 is 2.56 bits per heavy atom. The van der Waals surface area contributed by atoms with Crippen molar-refractivity contribution in [3.8, 4) is 10.6 Å². The molecule has 0 bridgehead atoms. The molecule has 0 aliphatic carbocycles. The molecule has 96 valence electrons. The Morgan fingerprint density at radius 2 is 2.06 bits per heavy atom. The fourth-order valence-electron chi connectivity index (χ4n) is 1.85. The van der Waals surface area contributed by atoms with Crippen LogP contribution in [0.3, 0.4) is 0 Å². The summed E-state index contributed by atoms with van der Waals surface area (Å²) in [6.45, 7) is 3.94. The van der Waals surface area contributed by atoms with Crippen molar-refractivity contribution in [2.45, 2.75) is 26.7 Å². The summed E-state index contributed by atoms with van der Waals surface area (Å²) < 4.78 is 1.74. The molecule has 6 heteroatoms. The third-order valence-electron chi connectivity index (χ3n) is 2.70. The molecule has 18 heavy (non-hydrogen) atoms. The molecule has 0 aliphatic rings. The van der Waals surface area contributed by atoms with Gasteiger partial charge in [0, 0.05) is 13.2 Å². The first-order valence-corrected chi connectivity index (χ1v) is 6.64. The summed E-state index contributed by atoms with van der Waals surface area (Å²) in [7, 11) is 1.86. The van der Waals surface area contributed by atoms with Crippen LogP contribution in [0.1, 0.15) is 34.9 Å². The molecule has 0 saturated carbocycles. The van der Waals surface area contributed by atoms with Crippen LogP contribution in [0.15, 0.2) is 6.20 Å². The Balaban J connectivity index is 2.54. The van der Waals surface area contributed by atoms with Crippen LogP contribution in [0.2, 0.25) is 0 Å². The fourth-order valence-corrected chi connectivity index (χ4v) is 2.87. The van der Waals surface area contributed by atoms with Gasteiger partial charge in [0.25, 0.3) is 0 Å². The van der Waals surface area contributed by atoms with Gasteiger partial charge in [-0.2, -0.15) is 5.10 Å². The molecule has 0 radical (unpaired) electrons. The number of aromatic carboxylic acids is 1. The topological polar surface area (TPSA) is 68.0 Å². The normalized spacial score (nSPS) is 10.8. The van der Waals surface area contributed by atoms with Gasteiger partial charge in [0.05, 0.1) is 17.0 Å². The maximum atomic E-state index is 11.1. The Bertz CT molecular complexity index is 586. The lowest BCUT2D eigenvalue weighted by molar-refractivity contribution is 0.0701. The molecule has 2 aromatic heterocycles. The van der Waals surface area contributed by atoms with Crippen LogP contribution in [0.5, 0.6) is 0 Å². The average Bonchev–Trinajstić information content (AvgIpc) is 2.91. The van der Waals surface area contributed by atoms with Crippen molar-refractivity contribution in [1.29, 1.82) is 0 Å². The van der Waals surface area contributed by atoms with E-state index in [0.29, 0.717) is 17.0 Å². The van der Waals surface area contributed by atoms with Gasteiger partial charge in [-0.1, -0.05) is 13.8 Å². The number of aromatic nitrogens is 3. The molecule has 0 saturated heterocycles. The van der Waals surface area contributed by atoms with E-state index in [1.54, 1.807) is 4.68 Å². The first kappa shape index (κ1) is 12.8. The third-order valence-corrected chi connectivity index (χ3v) is 3.82. The molecule has 2 aromatic rings.